The number of aliphatic imine (C=N–C) groups is 1. The molecule has 2 aromatic heterocycles. The van der Waals surface area contributed by atoms with Gasteiger partial charge in [0.05, 0.1) is 12.2 Å². The summed E-state index contributed by atoms with van der Waals surface area (Å²) in [5.41, 5.74) is 1.17. The van der Waals surface area contributed by atoms with E-state index in [0.717, 1.165) is 13.0 Å². The average Bonchev–Trinajstić information content (AvgIpc) is 2.66. The van der Waals surface area contributed by atoms with E-state index in [-0.39, 0.29) is 22.9 Å². The van der Waals surface area contributed by atoms with Gasteiger partial charge in [-0.05, 0) is 38.1 Å². The van der Waals surface area contributed by atoms with Gasteiger partial charge in [0.1, 0.15) is 40.6 Å². The molecule has 3 rings (SSSR count). The Morgan fingerprint density at radius 1 is 1.28 bits per heavy atom. The van der Waals surface area contributed by atoms with Gasteiger partial charge in [-0.15, -0.1) is 0 Å². The van der Waals surface area contributed by atoms with Gasteiger partial charge in [0.25, 0.3) is 0 Å². The molecule has 1 aliphatic rings. The van der Waals surface area contributed by atoms with E-state index >= 15 is 0 Å². The molecular weight excluding hydrogens is 392 g/mol. The van der Waals surface area contributed by atoms with Crippen LogP contribution in [0.1, 0.15) is 25.1 Å². The molecule has 3 N–H and O–H groups in total. The van der Waals surface area contributed by atoms with Crippen LogP contribution >= 0.6 is 0 Å². The Morgan fingerprint density at radius 2 is 2.00 bits per heavy atom. The summed E-state index contributed by atoms with van der Waals surface area (Å²) in [5, 5.41) is 11.9. The SMILES string of the molecule is CC1(c2nc(Nc3ncccc3C#N)ccc2F)COC(C)(C(F)(F)F)C(N)=N1. The number of ether oxygens (including phenoxy) is 1. The summed E-state index contributed by atoms with van der Waals surface area (Å²) < 4.78 is 59.3. The molecule has 0 fully saturated rings. The number of nitrogens with two attached hydrogens (primary N) is 1. The second-order valence-electron chi connectivity index (χ2n) is 6.75. The van der Waals surface area contributed by atoms with Crippen LogP contribution in [-0.4, -0.2) is 34.2 Å². The molecule has 0 amide bonds. The highest BCUT2D eigenvalue weighted by atomic mass is 19.4. The fraction of sp³-hybridized carbons (Fsp3) is 0.333. The number of amidine groups is 1. The summed E-state index contributed by atoms with van der Waals surface area (Å²) in [6, 6.07) is 7.43. The number of hydrogen-bond donors (Lipinski definition) is 2. The van der Waals surface area contributed by atoms with E-state index in [4.69, 9.17) is 15.7 Å². The van der Waals surface area contributed by atoms with Crippen LogP contribution in [0.2, 0.25) is 0 Å². The van der Waals surface area contributed by atoms with Crippen LogP contribution in [0.5, 0.6) is 0 Å². The first kappa shape index (κ1) is 20.5. The molecule has 1 aliphatic heterocycles. The average molecular weight is 408 g/mol. The number of hydrogen-bond acceptors (Lipinski definition) is 7. The predicted octanol–water partition coefficient (Wildman–Crippen LogP) is 3.15. The number of pyridine rings is 2. The first-order valence-electron chi connectivity index (χ1n) is 8.36. The highest BCUT2D eigenvalue weighted by molar-refractivity contribution is 5.90. The second-order valence-corrected chi connectivity index (χ2v) is 6.75. The van der Waals surface area contributed by atoms with Crippen molar-refractivity contribution in [3.8, 4) is 6.07 Å². The number of anilines is 2. The van der Waals surface area contributed by atoms with Gasteiger partial charge in [-0.1, -0.05) is 0 Å². The number of nitrogens with zero attached hydrogens (tertiary/aromatic N) is 4. The third-order valence-electron chi connectivity index (χ3n) is 4.57. The smallest absolute Gasteiger partial charge is 0.385 e. The van der Waals surface area contributed by atoms with Gasteiger partial charge < -0.3 is 15.8 Å². The van der Waals surface area contributed by atoms with Gasteiger partial charge in [-0.25, -0.2) is 14.4 Å². The van der Waals surface area contributed by atoms with Gasteiger partial charge in [-0.2, -0.15) is 18.4 Å². The molecule has 0 aliphatic carbocycles. The van der Waals surface area contributed by atoms with Gasteiger partial charge >= 0.3 is 6.18 Å². The van der Waals surface area contributed by atoms with Crippen LogP contribution in [0.15, 0.2) is 35.5 Å². The molecule has 29 heavy (non-hydrogen) atoms. The maximum absolute atomic E-state index is 14.5. The lowest BCUT2D eigenvalue weighted by atomic mass is 9.93. The summed E-state index contributed by atoms with van der Waals surface area (Å²) in [5.74, 6) is -1.31. The van der Waals surface area contributed by atoms with Crippen molar-refractivity contribution in [2.45, 2.75) is 31.2 Å². The van der Waals surface area contributed by atoms with Crippen LogP contribution < -0.4 is 11.1 Å². The summed E-state index contributed by atoms with van der Waals surface area (Å²) in [4.78, 5) is 12.0. The van der Waals surface area contributed by atoms with Crippen LogP contribution in [0.3, 0.4) is 0 Å². The van der Waals surface area contributed by atoms with Crippen molar-refractivity contribution in [1.82, 2.24) is 9.97 Å². The van der Waals surface area contributed by atoms with Crippen molar-refractivity contribution in [2.24, 2.45) is 10.7 Å². The molecule has 11 heteroatoms. The Labute approximate surface area is 163 Å². The molecule has 0 spiro atoms. The number of halogens is 4. The van der Waals surface area contributed by atoms with Crippen LogP contribution in [0.25, 0.3) is 0 Å². The zero-order valence-corrected chi connectivity index (χ0v) is 15.4. The molecule has 0 bridgehead atoms. The van der Waals surface area contributed by atoms with Crippen molar-refractivity contribution >= 4 is 17.5 Å². The molecule has 0 saturated heterocycles. The highest BCUT2D eigenvalue weighted by Gasteiger charge is 2.59. The minimum atomic E-state index is -4.79. The van der Waals surface area contributed by atoms with Crippen LogP contribution in [-0.2, 0) is 10.3 Å². The van der Waals surface area contributed by atoms with E-state index in [0.29, 0.717) is 0 Å². The van der Waals surface area contributed by atoms with E-state index in [2.05, 4.69) is 20.3 Å². The molecule has 0 aromatic carbocycles. The molecular formula is C18H16F4N6O. The first-order valence-corrected chi connectivity index (χ1v) is 8.36. The second kappa shape index (κ2) is 6.97. The zero-order chi connectivity index (χ0) is 21.4. The summed E-state index contributed by atoms with van der Waals surface area (Å²) >= 11 is 0. The summed E-state index contributed by atoms with van der Waals surface area (Å²) in [6.07, 6.45) is -3.34. The number of rotatable bonds is 3. The van der Waals surface area contributed by atoms with Gasteiger partial charge in [0, 0.05) is 6.20 Å². The Bertz CT molecular complexity index is 1020. The third-order valence-corrected chi connectivity index (χ3v) is 4.57. The molecule has 7 nitrogen and oxygen atoms in total. The van der Waals surface area contributed by atoms with Crippen LogP contribution in [0, 0.1) is 17.1 Å². The van der Waals surface area contributed by atoms with Crippen molar-refractivity contribution in [2.75, 3.05) is 11.9 Å². The lowest BCUT2D eigenvalue weighted by molar-refractivity contribution is -0.249. The number of alkyl halides is 3. The Balaban J connectivity index is 2.00. The van der Waals surface area contributed by atoms with Crippen molar-refractivity contribution in [1.29, 1.82) is 5.26 Å². The Morgan fingerprint density at radius 3 is 2.62 bits per heavy atom. The van der Waals surface area contributed by atoms with Crippen molar-refractivity contribution < 1.29 is 22.3 Å². The van der Waals surface area contributed by atoms with Gasteiger partial charge in [-0.3, -0.25) is 4.99 Å². The summed E-state index contributed by atoms with van der Waals surface area (Å²) in [6.45, 7) is 1.54. The first-order chi connectivity index (χ1) is 13.5. The Kier molecular flexibility index (Phi) is 4.92. The lowest BCUT2D eigenvalue weighted by Gasteiger charge is -2.40. The van der Waals surface area contributed by atoms with E-state index in [1.165, 1.54) is 25.3 Å². The quantitative estimate of drug-likeness (QED) is 0.755. The van der Waals surface area contributed by atoms with Crippen LogP contribution in [0.4, 0.5) is 29.2 Å². The highest BCUT2D eigenvalue weighted by Crippen LogP contribution is 2.41. The van der Waals surface area contributed by atoms with Crippen molar-refractivity contribution in [3.63, 3.8) is 0 Å². The van der Waals surface area contributed by atoms with Crippen molar-refractivity contribution in [3.05, 3.63) is 47.5 Å². The number of nitriles is 1. The minimum Gasteiger partial charge on any atom is -0.385 e. The maximum Gasteiger partial charge on any atom is 0.424 e. The fourth-order valence-corrected chi connectivity index (χ4v) is 2.72. The van der Waals surface area contributed by atoms with Gasteiger partial charge in [0.15, 0.2) is 0 Å². The standard InChI is InChI=1S/C18H16F4N6O/c1-16(9-29-17(2,15(24)28-16)18(20,21)22)13-11(19)5-6-12(26-13)27-14-10(8-23)4-3-7-25-14/h3-7H,9H2,1-2H3,(H2,24,28)(H,25,26,27). The number of nitrogens with one attached hydrogen (secondary N) is 1. The van der Waals surface area contributed by atoms with E-state index in [1.807, 2.05) is 6.07 Å². The van der Waals surface area contributed by atoms with E-state index in [1.54, 1.807) is 6.07 Å². The molecule has 152 valence electrons. The maximum atomic E-state index is 14.5. The Hall–Kier alpha value is -3.26. The lowest BCUT2D eigenvalue weighted by Crippen LogP contribution is -2.60. The minimum absolute atomic E-state index is 0.121. The third kappa shape index (κ3) is 3.58. The topological polar surface area (TPSA) is 109 Å². The predicted molar refractivity (Wildman–Crippen MR) is 95.8 cm³/mol. The van der Waals surface area contributed by atoms with E-state index < -0.39 is 35.6 Å². The van der Waals surface area contributed by atoms with E-state index in [9.17, 15) is 17.6 Å². The molecule has 2 atom stereocenters. The largest absolute Gasteiger partial charge is 0.424 e. The monoisotopic (exact) mass is 408 g/mol. The normalized spacial score (nSPS) is 24.5. The molecule has 0 radical (unpaired) electrons. The zero-order valence-electron chi connectivity index (χ0n) is 15.4. The molecule has 3 heterocycles. The fourth-order valence-electron chi connectivity index (χ4n) is 2.72. The summed E-state index contributed by atoms with van der Waals surface area (Å²) in [7, 11) is 0. The molecule has 2 aromatic rings. The van der Waals surface area contributed by atoms with Gasteiger partial charge in [0.2, 0.25) is 5.60 Å². The molecule has 0 saturated carbocycles. The number of aromatic nitrogens is 2. The molecule has 2 unspecified atom stereocenters.